The van der Waals surface area contributed by atoms with E-state index in [1.807, 2.05) is 68.4 Å². The van der Waals surface area contributed by atoms with Gasteiger partial charge in [0.15, 0.2) is 0 Å². The maximum Gasteiger partial charge on any atom is 0.275 e. The first-order valence-electron chi connectivity index (χ1n) is 8.32. The van der Waals surface area contributed by atoms with Gasteiger partial charge in [-0.25, -0.2) is 9.97 Å². The Bertz CT molecular complexity index is 847. The number of carbonyl (C=O) groups is 1. The predicted molar refractivity (Wildman–Crippen MR) is 102 cm³/mol. The van der Waals surface area contributed by atoms with Gasteiger partial charge in [0.1, 0.15) is 17.3 Å². The Kier molecular flexibility index (Phi) is 5.43. The van der Waals surface area contributed by atoms with Gasteiger partial charge < -0.3 is 15.4 Å². The molecule has 0 spiro atoms. The summed E-state index contributed by atoms with van der Waals surface area (Å²) >= 11 is 0. The first-order valence-corrected chi connectivity index (χ1v) is 8.32. The minimum Gasteiger partial charge on any atom is -0.491 e. The number of rotatable bonds is 6. The van der Waals surface area contributed by atoms with E-state index in [0.29, 0.717) is 11.5 Å². The van der Waals surface area contributed by atoms with E-state index in [2.05, 4.69) is 20.6 Å². The van der Waals surface area contributed by atoms with Gasteiger partial charge in [0.05, 0.1) is 18.5 Å². The van der Waals surface area contributed by atoms with E-state index in [1.54, 1.807) is 0 Å². The third-order valence-corrected chi connectivity index (χ3v) is 3.41. The molecule has 0 aliphatic rings. The highest BCUT2D eigenvalue weighted by Gasteiger charge is 2.08. The van der Waals surface area contributed by atoms with E-state index in [1.165, 1.54) is 12.4 Å². The number of aromatic nitrogens is 2. The van der Waals surface area contributed by atoms with Crippen LogP contribution in [-0.2, 0) is 0 Å². The molecule has 0 saturated heterocycles. The summed E-state index contributed by atoms with van der Waals surface area (Å²) in [5, 5.41) is 5.91. The molecule has 6 heteroatoms. The lowest BCUT2D eigenvalue weighted by Crippen LogP contribution is -2.14. The molecule has 0 aliphatic heterocycles. The van der Waals surface area contributed by atoms with E-state index in [-0.39, 0.29) is 17.7 Å². The van der Waals surface area contributed by atoms with Gasteiger partial charge >= 0.3 is 0 Å². The molecule has 0 fully saturated rings. The van der Waals surface area contributed by atoms with Crippen LogP contribution in [0.15, 0.2) is 67.0 Å². The highest BCUT2D eigenvalue weighted by atomic mass is 16.5. The summed E-state index contributed by atoms with van der Waals surface area (Å²) in [5.74, 6) is 1.06. The van der Waals surface area contributed by atoms with Crippen LogP contribution >= 0.6 is 0 Å². The molecule has 1 heterocycles. The number of amides is 1. The molecule has 2 aromatic carbocycles. The summed E-state index contributed by atoms with van der Waals surface area (Å²) < 4.78 is 5.61. The zero-order chi connectivity index (χ0) is 18.4. The molecule has 1 amide bonds. The van der Waals surface area contributed by atoms with Crippen molar-refractivity contribution in [3.63, 3.8) is 0 Å². The number of nitrogens with zero attached hydrogens (tertiary/aromatic N) is 2. The molecule has 2 N–H and O–H groups in total. The van der Waals surface area contributed by atoms with Crippen LogP contribution in [-0.4, -0.2) is 22.0 Å². The van der Waals surface area contributed by atoms with Crippen molar-refractivity contribution in [3.8, 4) is 5.75 Å². The first-order chi connectivity index (χ1) is 12.6. The molecule has 6 nitrogen and oxygen atoms in total. The molecule has 132 valence electrons. The first kappa shape index (κ1) is 17.4. The summed E-state index contributed by atoms with van der Waals surface area (Å²) in [7, 11) is 0. The average Bonchev–Trinajstić information content (AvgIpc) is 2.64. The fourth-order valence-corrected chi connectivity index (χ4v) is 2.26. The molecule has 0 saturated carbocycles. The van der Waals surface area contributed by atoms with Crippen LogP contribution in [0.1, 0.15) is 24.3 Å². The molecule has 26 heavy (non-hydrogen) atoms. The van der Waals surface area contributed by atoms with E-state index < -0.39 is 0 Å². The highest BCUT2D eigenvalue weighted by molar-refractivity contribution is 6.02. The summed E-state index contributed by atoms with van der Waals surface area (Å²) in [5.41, 5.74) is 1.82. The van der Waals surface area contributed by atoms with Gasteiger partial charge in [0.2, 0.25) is 0 Å². The molecule has 0 atom stereocenters. The smallest absolute Gasteiger partial charge is 0.275 e. The van der Waals surface area contributed by atoms with E-state index in [4.69, 9.17) is 4.74 Å². The summed E-state index contributed by atoms with van der Waals surface area (Å²) in [6.07, 6.45) is 3.10. The number of nitrogens with one attached hydrogen (secondary N) is 2. The van der Waals surface area contributed by atoms with Crippen molar-refractivity contribution in [1.82, 2.24) is 9.97 Å². The van der Waals surface area contributed by atoms with Crippen LogP contribution in [0.25, 0.3) is 0 Å². The normalized spacial score (nSPS) is 10.4. The molecule has 3 aromatic rings. The van der Waals surface area contributed by atoms with Crippen molar-refractivity contribution in [2.24, 2.45) is 0 Å². The van der Waals surface area contributed by atoms with Gasteiger partial charge in [-0.05, 0) is 50.2 Å². The Morgan fingerprint density at radius 1 is 0.923 bits per heavy atom. The topological polar surface area (TPSA) is 76.1 Å². The van der Waals surface area contributed by atoms with Crippen molar-refractivity contribution in [2.75, 3.05) is 10.6 Å². The van der Waals surface area contributed by atoms with Gasteiger partial charge in [0, 0.05) is 11.4 Å². The second-order valence-electron chi connectivity index (χ2n) is 5.92. The maximum atomic E-state index is 12.2. The van der Waals surface area contributed by atoms with Crippen molar-refractivity contribution in [2.45, 2.75) is 20.0 Å². The predicted octanol–water partition coefficient (Wildman–Crippen LogP) is 4.26. The lowest BCUT2D eigenvalue weighted by molar-refractivity contribution is 0.102. The molecular weight excluding hydrogens is 328 g/mol. The standard InChI is InChI=1S/C20H20N4O2/c1-14(2)26-17-10-8-16(9-11-17)23-19-13-21-18(12-22-19)20(25)24-15-6-4-3-5-7-15/h3-14H,1-2H3,(H,22,23)(H,24,25). The molecular formula is C20H20N4O2. The monoisotopic (exact) mass is 348 g/mol. The number of para-hydroxylation sites is 1. The zero-order valence-corrected chi connectivity index (χ0v) is 14.6. The van der Waals surface area contributed by atoms with Gasteiger partial charge in [-0.1, -0.05) is 18.2 Å². The minimum atomic E-state index is -0.301. The highest BCUT2D eigenvalue weighted by Crippen LogP contribution is 2.19. The number of anilines is 3. The van der Waals surface area contributed by atoms with Gasteiger partial charge in [-0.3, -0.25) is 4.79 Å². The quantitative estimate of drug-likeness (QED) is 0.696. The second-order valence-corrected chi connectivity index (χ2v) is 5.92. The third-order valence-electron chi connectivity index (χ3n) is 3.41. The largest absolute Gasteiger partial charge is 0.491 e. The van der Waals surface area contributed by atoms with Gasteiger partial charge in [-0.15, -0.1) is 0 Å². The van der Waals surface area contributed by atoms with Crippen molar-refractivity contribution < 1.29 is 9.53 Å². The SMILES string of the molecule is CC(C)Oc1ccc(Nc2cnc(C(=O)Nc3ccccc3)cn2)cc1. The second kappa shape index (κ2) is 8.11. The summed E-state index contributed by atoms with van der Waals surface area (Å²) in [4.78, 5) is 20.6. The van der Waals surface area contributed by atoms with E-state index >= 15 is 0 Å². The number of benzene rings is 2. The molecule has 1 aromatic heterocycles. The minimum absolute atomic E-state index is 0.134. The van der Waals surface area contributed by atoms with Crippen LogP contribution in [0.4, 0.5) is 17.2 Å². The molecule has 0 bridgehead atoms. The van der Waals surface area contributed by atoms with Crippen LogP contribution in [0.2, 0.25) is 0 Å². The van der Waals surface area contributed by atoms with Crippen molar-refractivity contribution >= 4 is 23.1 Å². The van der Waals surface area contributed by atoms with Crippen molar-refractivity contribution in [3.05, 3.63) is 72.7 Å². The van der Waals surface area contributed by atoms with Crippen LogP contribution in [0, 0.1) is 0 Å². The maximum absolute atomic E-state index is 12.2. The summed E-state index contributed by atoms with van der Waals surface area (Å²) in [6, 6.07) is 16.8. The molecule has 0 unspecified atom stereocenters. The zero-order valence-electron chi connectivity index (χ0n) is 14.6. The lowest BCUT2D eigenvalue weighted by Gasteiger charge is -2.11. The Balaban J connectivity index is 1.61. The van der Waals surface area contributed by atoms with E-state index in [0.717, 1.165) is 11.4 Å². The third kappa shape index (κ3) is 4.80. The van der Waals surface area contributed by atoms with Gasteiger partial charge in [0.25, 0.3) is 5.91 Å². The Labute approximate surface area is 152 Å². The Hall–Kier alpha value is -3.41. The van der Waals surface area contributed by atoms with Crippen molar-refractivity contribution in [1.29, 1.82) is 0 Å². The molecule has 0 radical (unpaired) electrons. The van der Waals surface area contributed by atoms with Crippen LogP contribution in [0.3, 0.4) is 0 Å². The lowest BCUT2D eigenvalue weighted by atomic mass is 10.3. The van der Waals surface area contributed by atoms with Crippen LogP contribution in [0.5, 0.6) is 5.75 Å². The molecule has 0 aliphatic carbocycles. The molecule has 3 rings (SSSR count). The fourth-order valence-electron chi connectivity index (χ4n) is 2.26. The summed E-state index contributed by atoms with van der Waals surface area (Å²) in [6.45, 7) is 3.97. The Morgan fingerprint density at radius 3 is 2.27 bits per heavy atom. The van der Waals surface area contributed by atoms with E-state index in [9.17, 15) is 4.79 Å². The number of ether oxygens (including phenoxy) is 1. The Morgan fingerprint density at radius 2 is 1.65 bits per heavy atom. The number of carbonyl (C=O) groups excluding carboxylic acids is 1. The average molecular weight is 348 g/mol. The number of hydrogen-bond acceptors (Lipinski definition) is 5. The van der Waals surface area contributed by atoms with Crippen LogP contribution < -0.4 is 15.4 Å². The number of hydrogen-bond donors (Lipinski definition) is 2. The van der Waals surface area contributed by atoms with Gasteiger partial charge in [-0.2, -0.15) is 0 Å². The fraction of sp³-hybridized carbons (Fsp3) is 0.150.